The smallest absolute Gasteiger partial charge is 0.286 e. The second kappa shape index (κ2) is 7.97. The maximum Gasteiger partial charge on any atom is 0.286 e. The molecule has 28 heavy (non-hydrogen) atoms. The Balaban J connectivity index is 1.12. The molecule has 7 nitrogen and oxygen atoms in total. The van der Waals surface area contributed by atoms with Gasteiger partial charge in [-0.2, -0.15) is 0 Å². The number of hydrogen-bond donors (Lipinski definition) is 3. The molecule has 4 fully saturated rings. The number of hydrogen-bond acceptors (Lipinski definition) is 4. The van der Waals surface area contributed by atoms with Crippen LogP contribution in [0.1, 0.15) is 68.3 Å². The fourth-order valence-corrected chi connectivity index (χ4v) is 6.04. The Kier molecular flexibility index (Phi) is 5.42. The number of nitrogens with one attached hydrogen (secondary N) is 3. The predicted octanol–water partition coefficient (Wildman–Crippen LogP) is 2.54. The van der Waals surface area contributed by atoms with E-state index in [9.17, 15) is 14.4 Å². The van der Waals surface area contributed by atoms with Gasteiger partial charge in [0.15, 0.2) is 5.76 Å². The average Bonchev–Trinajstić information content (AvgIpc) is 3.16. The first-order valence-electron chi connectivity index (χ1n) is 10.4. The van der Waals surface area contributed by atoms with E-state index in [0.717, 1.165) is 17.8 Å². The summed E-state index contributed by atoms with van der Waals surface area (Å²) in [6.07, 6.45) is 10.3. The second-order valence-corrected chi connectivity index (χ2v) is 9.03. The maximum atomic E-state index is 12.4. The fourth-order valence-electron chi connectivity index (χ4n) is 6.04. The second-order valence-electron chi connectivity index (χ2n) is 9.03. The molecule has 0 aliphatic heterocycles. The van der Waals surface area contributed by atoms with E-state index in [1.165, 1.54) is 44.8 Å². The van der Waals surface area contributed by atoms with Crippen molar-refractivity contribution < 1.29 is 18.8 Å². The molecular weight excluding hydrogens is 358 g/mol. The molecule has 1 heterocycles. The summed E-state index contributed by atoms with van der Waals surface area (Å²) in [5, 5.41) is 2.69. The normalized spacial score (nSPS) is 30.1. The Morgan fingerprint density at radius 3 is 2.25 bits per heavy atom. The molecule has 0 unspecified atom stereocenters. The van der Waals surface area contributed by atoms with Crippen molar-refractivity contribution in [3.8, 4) is 0 Å². The SMILES string of the molecule is O=C(CCCNC(=O)c1ccco1)NNC(=O)CC12CC3CC(CC(C3)C1)C2. The number of amides is 3. The molecule has 4 aliphatic carbocycles. The van der Waals surface area contributed by atoms with Crippen LogP contribution in [-0.2, 0) is 9.59 Å². The van der Waals surface area contributed by atoms with Crippen molar-refractivity contribution in [3.05, 3.63) is 24.2 Å². The van der Waals surface area contributed by atoms with E-state index in [-0.39, 0.29) is 35.3 Å². The fraction of sp³-hybridized carbons (Fsp3) is 0.667. The van der Waals surface area contributed by atoms with E-state index < -0.39 is 0 Å². The zero-order valence-corrected chi connectivity index (χ0v) is 16.2. The summed E-state index contributed by atoms with van der Waals surface area (Å²) in [5.41, 5.74) is 5.27. The third kappa shape index (κ3) is 4.39. The van der Waals surface area contributed by atoms with Gasteiger partial charge in [0.25, 0.3) is 5.91 Å². The lowest BCUT2D eigenvalue weighted by Gasteiger charge is -2.56. The van der Waals surface area contributed by atoms with Crippen molar-refractivity contribution in [2.45, 2.75) is 57.8 Å². The van der Waals surface area contributed by atoms with Crippen LogP contribution in [0, 0.1) is 23.2 Å². The number of hydrazine groups is 1. The number of carbonyl (C=O) groups is 3. The molecule has 1 aromatic rings. The van der Waals surface area contributed by atoms with Gasteiger partial charge in [-0.05, 0) is 80.2 Å². The quantitative estimate of drug-likeness (QED) is 0.494. The number of rotatable bonds is 7. The van der Waals surface area contributed by atoms with Gasteiger partial charge < -0.3 is 9.73 Å². The first-order valence-corrected chi connectivity index (χ1v) is 10.4. The van der Waals surface area contributed by atoms with E-state index >= 15 is 0 Å². The summed E-state index contributed by atoms with van der Waals surface area (Å²) in [5.74, 6) is 2.06. The van der Waals surface area contributed by atoms with Crippen molar-refractivity contribution in [2.75, 3.05) is 6.54 Å². The minimum Gasteiger partial charge on any atom is -0.459 e. The highest BCUT2D eigenvalue weighted by atomic mass is 16.3. The summed E-state index contributed by atoms with van der Waals surface area (Å²) < 4.78 is 5.00. The van der Waals surface area contributed by atoms with Crippen molar-refractivity contribution in [1.82, 2.24) is 16.2 Å². The molecule has 0 radical (unpaired) electrons. The minimum atomic E-state index is -0.297. The molecular formula is C21H29N3O4. The maximum absolute atomic E-state index is 12.4. The summed E-state index contributed by atoms with van der Waals surface area (Å²) in [6.45, 7) is 0.369. The van der Waals surface area contributed by atoms with Crippen LogP contribution in [0.25, 0.3) is 0 Å². The number of carbonyl (C=O) groups excluding carboxylic acids is 3. The number of furan rings is 1. The molecule has 4 aliphatic rings. The van der Waals surface area contributed by atoms with Crippen LogP contribution in [0.15, 0.2) is 22.8 Å². The molecule has 4 bridgehead atoms. The van der Waals surface area contributed by atoms with Gasteiger partial charge in [-0.25, -0.2) is 0 Å². The van der Waals surface area contributed by atoms with E-state index in [1.807, 2.05) is 0 Å². The van der Waals surface area contributed by atoms with Gasteiger partial charge in [0, 0.05) is 19.4 Å². The van der Waals surface area contributed by atoms with Crippen molar-refractivity contribution in [2.24, 2.45) is 23.2 Å². The zero-order chi connectivity index (χ0) is 19.6. The molecule has 7 heteroatoms. The van der Waals surface area contributed by atoms with E-state index in [1.54, 1.807) is 12.1 Å². The third-order valence-corrected chi connectivity index (χ3v) is 6.65. The lowest BCUT2D eigenvalue weighted by atomic mass is 9.49. The van der Waals surface area contributed by atoms with Crippen molar-refractivity contribution >= 4 is 17.7 Å². The largest absolute Gasteiger partial charge is 0.459 e. The van der Waals surface area contributed by atoms with Crippen LogP contribution in [-0.4, -0.2) is 24.3 Å². The topological polar surface area (TPSA) is 100 Å². The first-order chi connectivity index (χ1) is 13.5. The van der Waals surface area contributed by atoms with Crippen LogP contribution in [0.3, 0.4) is 0 Å². The molecule has 3 N–H and O–H groups in total. The monoisotopic (exact) mass is 387 g/mol. The predicted molar refractivity (Wildman–Crippen MR) is 102 cm³/mol. The lowest BCUT2D eigenvalue weighted by Crippen LogP contribution is -2.50. The van der Waals surface area contributed by atoms with Gasteiger partial charge in [-0.1, -0.05) is 0 Å². The lowest BCUT2D eigenvalue weighted by molar-refractivity contribution is -0.134. The average molecular weight is 387 g/mol. The highest BCUT2D eigenvalue weighted by Crippen LogP contribution is 2.61. The first kappa shape index (κ1) is 19.0. The zero-order valence-electron chi connectivity index (χ0n) is 16.2. The van der Waals surface area contributed by atoms with Crippen LogP contribution in [0.5, 0.6) is 0 Å². The summed E-state index contributed by atoms with van der Waals surface area (Å²) in [7, 11) is 0. The Bertz CT molecular complexity index is 693. The van der Waals surface area contributed by atoms with Crippen LogP contribution < -0.4 is 16.2 Å². The van der Waals surface area contributed by atoms with Crippen LogP contribution in [0.2, 0.25) is 0 Å². The van der Waals surface area contributed by atoms with E-state index in [4.69, 9.17) is 4.42 Å². The van der Waals surface area contributed by atoms with Crippen molar-refractivity contribution in [3.63, 3.8) is 0 Å². The van der Waals surface area contributed by atoms with E-state index in [2.05, 4.69) is 16.2 Å². The minimum absolute atomic E-state index is 0.0820. The molecule has 0 spiro atoms. The molecule has 0 atom stereocenters. The van der Waals surface area contributed by atoms with Crippen LogP contribution >= 0.6 is 0 Å². The van der Waals surface area contributed by atoms with Gasteiger partial charge in [0.1, 0.15) is 0 Å². The van der Waals surface area contributed by atoms with E-state index in [0.29, 0.717) is 19.4 Å². The standard InChI is InChI=1S/C21H29N3O4/c25-18(4-1-5-22-20(27)17-3-2-6-28-17)23-24-19(26)13-21-10-14-7-15(11-21)9-16(8-14)12-21/h2-3,6,14-16H,1,4-5,7-13H2,(H,22,27)(H,23,25)(H,24,26). The van der Waals surface area contributed by atoms with Gasteiger partial charge in [-0.15, -0.1) is 0 Å². The molecule has 5 rings (SSSR count). The summed E-state index contributed by atoms with van der Waals surface area (Å²) >= 11 is 0. The molecule has 1 aromatic heterocycles. The Labute approximate surface area is 165 Å². The van der Waals surface area contributed by atoms with Crippen molar-refractivity contribution in [1.29, 1.82) is 0 Å². The highest BCUT2D eigenvalue weighted by molar-refractivity contribution is 5.91. The van der Waals surface area contributed by atoms with Gasteiger partial charge >= 0.3 is 0 Å². The van der Waals surface area contributed by atoms with Crippen LogP contribution in [0.4, 0.5) is 0 Å². The molecule has 152 valence electrons. The van der Waals surface area contributed by atoms with Gasteiger partial charge in [0.05, 0.1) is 6.26 Å². The molecule has 4 saturated carbocycles. The van der Waals surface area contributed by atoms with Gasteiger partial charge in [0.2, 0.25) is 11.8 Å². The Hall–Kier alpha value is -2.31. The molecule has 3 amide bonds. The highest BCUT2D eigenvalue weighted by Gasteiger charge is 2.51. The summed E-state index contributed by atoms with van der Waals surface area (Å²) in [4.78, 5) is 36.0. The third-order valence-electron chi connectivity index (χ3n) is 6.65. The molecule has 0 saturated heterocycles. The molecule has 0 aromatic carbocycles. The summed E-state index contributed by atoms with van der Waals surface area (Å²) in [6, 6.07) is 3.23. The Morgan fingerprint density at radius 1 is 1.00 bits per heavy atom. The van der Waals surface area contributed by atoms with Gasteiger partial charge in [-0.3, -0.25) is 25.2 Å². The Morgan fingerprint density at radius 2 is 1.64 bits per heavy atom.